The lowest BCUT2D eigenvalue weighted by Crippen LogP contribution is -2.32. The van der Waals surface area contributed by atoms with Gasteiger partial charge in [0.2, 0.25) is 15.9 Å². The summed E-state index contributed by atoms with van der Waals surface area (Å²) >= 11 is 0. The van der Waals surface area contributed by atoms with Crippen LogP contribution in [0, 0.1) is 0 Å². The molecule has 0 radical (unpaired) electrons. The number of carbonyl (C=O) groups is 1. The standard InChI is InChI=1S/C19H28N2O4S/c1-25-18-11-6-10-17(14-18)21(26(2,23)24)13-7-12-19(22)20-15-16-8-4-3-5-9-16/h6,8,10-11,14H,3-5,7,9,12-13,15H2,1-2H3,(H,20,22). The van der Waals surface area contributed by atoms with Gasteiger partial charge in [-0.2, -0.15) is 0 Å². The molecule has 0 bridgehead atoms. The van der Waals surface area contributed by atoms with Crippen molar-refractivity contribution in [1.29, 1.82) is 0 Å². The molecule has 1 aromatic rings. The first-order valence-corrected chi connectivity index (χ1v) is 10.8. The second-order valence-electron chi connectivity index (χ2n) is 6.53. The van der Waals surface area contributed by atoms with Gasteiger partial charge in [-0.15, -0.1) is 0 Å². The zero-order valence-electron chi connectivity index (χ0n) is 15.5. The highest BCUT2D eigenvalue weighted by Crippen LogP contribution is 2.23. The minimum atomic E-state index is -3.43. The van der Waals surface area contributed by atoms with Crippen LogP contribution in [0.4, 0.5) is 5.69 Å². The zero-order valence-corrected chi connectivity index (χ0v) is 16.3. The van der Waals surface area contributed by atoms with Crippen LogP contribution in [-0.2, 0) is 14.8 Å². The number of allylic oxidation sites excluding steroid dienone is 1. The van der Waals surface area contributed by atoms with Gasteiger partial charge in [0.15, 0.2) is 0 Å². The normalized spacial score (nSPS) is 14.5. The topological polar surface area (TPSA) is 75.7 Å². The molecule has 1 amide bonds. The SMILES string of the molecule is COc1cccc(N(CCCC(=O)NCC2=CCCCC2)S(C)(=O)=O)c1. The average molecular weight is 381 g/mol. The van der Waals surface area contributed by atoms with Crippen LogP contribution in [0.25, 0.3) is 0 Å². The van der Waals surface area contributed by atoms with E-state index in [4.69, 9.17) is 4.74 Å². The van der Waals surface area contributed by atoms with E-state index in [1.165, 1.54) is 36.1 Å². The maximum atomic E-state index is 12.1. The van der Waals surface area contributed by atoms with Crippen LogP contribution in [-0.4, -0.2) is 40.8 Å². The van der Waals surface area contributed by atoms with Gasteiger partial charge in [-0.1, -0.05) is 17.7 Å². The number of amides is 1. The molecule has 6 nitrogen and oxygen atoms in total. The van der Waals surface area contributed by atoms with Crippen LogP contribution in [0.1, 0.15) is 38.5 Å². The Morgan fingerprint density at radius 2 is 2.12 bits per heavy atom. The molecule has 0 spiro atoms. The van der Waals surface area contributed by atoms with E-state index >= 15 is 0 Å². The molecule has 7 heteroatoms. The van der Waals surface area contributed by atoms with Crippen LogP contribution < -0.4 is 14.4 Å². The number of rotatable bonds is 9. The van der Waals surface area contributed by atoms with Gasteiger partial charge in [-0.25, -0.2) is 8.42 Å². The molecule has 0 heterocycles. The summed E-state index contributed by atoms with van der Waals surface area (Å²) in [7, 11) is -1.90. The second kappa shape index (κ2) is 9.62. The van der Waals surface area contributed by atoms with Crippen molar-refractivity contribution >= 4 is 21.6 Å². The number of sulfonamides is 1. The molecule has 2 rings (SSSR count). The third-order valence-corrected chi connectivity index (χ3v) is 5.60. The summed E-state index contributed by atoms with van der Waals surface area (Å²) in [6.07, 6.45) is 8.68. The van der Waals surface area contributed by atoms with Crippen LogP contribution in [0.2, 0.25) is 0 Å². The number of nitrogens with one attached hydrogen (secondary N) is 1. The van der Waals surface area contributed by atoms with Gasteiger partial charge in [0.1, 0.15) is 5.75 Å². The first kappa shape index (κ1) is 20.3. The largest absolute Gasteiger partial charge is 0.497 e. The van der Waals surface area contributed by atoms with E-state index in [9.17, 15) is 13.2 Å². The van der Waals surface area contributed by atoms with Crippen LogP contribution in [0.3, 0.4) is 0 Å². The van der Waals surface area contributed by atoms with Crippen molar-refractivity contribution < 1.29 is 17.9 Å². The van der Waals surface area contributed by atoms with Gasteiger partial charge in [-0.3, -0.25) is 9.10 Å². The predicted octanol–water partition coefficient (Wildman–Crippen LogP) is 2.86. The first-order valence-electron chi connectivity index (χ1n) is 8.96. The van der Waals surface area contributed by atoms with Crippen LogP contribution >= 0.6 is 0 Å². The van der Waals surface area contributed by atoms with Crippen molar-refractivity contribution in [1.82, 2.24) is 5.32 Å². The van der Waals surface area contributed by atoms with Gasteiger partial charge < -0.3 is 10.1 Å². The highest BCUT2D eigenvalue weighted by atomic mass is 32.2. The lowest BCUT2D eigenvalue weighted by molar-refractivity contribution is -0.120. The summed E-state index contributed by atoms with van der Waals surface area (Å²) in [5.41, 5.74) is 1.83. The Bertz CT molecular complexity index is 744. The van der Waals surface area contributed by atoms with Gasteiger partial charge in [0, 0.05) is 25.6 Å². The van der Waals surface area contributed by atoms with Crippen LogP contribution in [0.15, 0.2) is 35.9 Å². The molecule has 1 aromatic carbocycles. The van der Waals surface area contributed by atoms with E-state index in [0.29, 0.717) is 30.8 Å². The van der Waals surface area contributed by atoms with E-state index in [0.717, 1.165) is 12.8 Å². The maximum Gasteiger partial charge on any atom is 0.232 e. The Balaban J connectivity index is 1.87. The highest BCUT2D eigenvalue weighted by Gasteiger charge is 2.18. The number of carbonyl (C=O) groups excluding carboxylic acids is 1. The molecule has 0 saturated carbocycles. The summed E-state index contributed by atoms with van der Waals surface area (Å²) in [5, 5.41) is 2.93. The summed E-state index contributed by atoms with van der Waals surface area (Å²) in [4.78, 5) is 12.0. The molecule has 1 N–H and O–H groups in total. The van der Waals surface area contributed by atoms with Gasteiger partial charge >= 0.3 is 0 Å². The molecular formula is C19H28N2O4S. The van der Waals surface area contributed by atoms with Crippen molar-refractivity contribution in [2.45, 2.75) is 38.5 Å². The Morgan fingerprint density at radius 1 is 1.31 bits per heavy atom. The second-order valence-corrected chi connectivity index (χ2v) is 8.43. The predicted molar refractivity (Wildman–Crippen MR) is 104 cm³/mol. The van der Waals surface area contributed by atoms with E-state index in [1.807, 2.05) is 0 Å². The zero-order chi connectivity index (χ0) is 19.0. The summed E-state index contributed by atoms with van der Waals surface area (Å²) in [5.74, 6) is 0.546. The molecule has 0 fully saturated rings. The molecular weight excluding hydrogens is 352 g/mol. The molecule has 26 heavy (non-hydrogen) atoms. The number of benzene rings is 1. The average Bonchev–Trinajstić information content (AvgIpc) is 2.63. The number of anilines is 1. The number of methoxy groups -OCH3 is 1. The Labute approximate surface area is 156 Å². The maximum absolute atomic E-state index is 12.1. The Morgan fingerprint density at radius 3 is 2.77 bits per heavy atom. The van der Waals surface area contributed by atoms with Crippen molar-refractivity contribution in [2.75, 3.05) is 30.8 Å². The van der Waals surface area contributed by atoms with E-state index in [-0.39, 0.29) is 12.5 Å². The van der Waals surface area contributed by atoms with Gasteiger partial charge in [0.25, 0.3) is 0 Å². The molecule has 0 aliphatic heterocycles. The van der Waals surface area contributed by atoms with E-state index in [2.05, 4.69) is 11.4 Å². The van der Waals surface area contributed by atoms with Gasteiger partial charge in [-0.05, 0) is 44.2 Å². The lowest BCUT2D eigenvalue weighted by atomic mass is 10.00. The monoisotopic (exact) mass is 380 g/mol. The molecule has 0 saturated heterocycles. The highest BCUT2D eigenvalue weighted by molar-refractivity contribution is 7.92. The molecule has 1 aliphatic carbocycles. The van der Waals surface area contributed by atoms with Crippen molar-refractivity contribution in [3.05, 3.63) is 35.9 Å². The minimum absolute atomic E-state index is 0.0458. The molecule has 0 atom stereocenters. The van der Waals surface area contributed by atoms with E-state index < -0.39 is 10.0 Å². The fourth-order valence-electron chi connectivity index (χ4n) is 3.00. The number of ether oxygens (including phenoxy) is 1. The molecule has 0 unspecified atom stereocenters. The number of nitrogens with zero attached hydrogens (tertiary/aromatic N) is 1. The van der Waals surface area contributed by atoms with E-state index in [1.54, 1.807) is 24.3 Å². The lowest BCUT2D eigenvalue weighted by Gasteiger charge is -2.22. The van der Waals surface area contributed by atoms with Crippen LogP contribution in [0.5, 0.6) is 5.75 Å². The van der Waals surface area contributed by atoms with Gasteiger partial charge in [0.05, 0.1) is 19.1 Å². The molecule has 144 valence electrons. The first-order chi connectivity index (χ1) is 12.4. The number of hydrogen-bond donors (Lipinski definition) is 1. The Hall–Kier alpha value is -2.02. The fourth-order valence-corrected chi connectivity index (χ4v) is 3.96. The van der Waals surface area contributed by atoms with Crippen molar-refractivity contribution in [2.24, 2.45) is 0 Å². The molecule has 1 aliphatic rings. The molecule has 0 aromatic heterocycles. The number of hydrogen-bond acceptors (Lipinski definition) is 4. The Kier molecular flexibility index (Phi) is 7.50. The van der Waals surface area contributed by atoms with Crippen molar-refractivity contribution in [3.8, 4) is 5.75 Å². The van der Waals surface area contributed by atoms with Crippen molar-refractivity contribution in [3.63, 3.8) is 0 Å². The summed E-state index contributed by atoms with van der Waals surface area (Å²) < 4.78 is 30.7. The summed E-state index contributed by atoms with van der Waals surface area (Å²) in [6.45, 7) is 0.854. The summed E-state index contributed by atoms with van der Waals surface area (Å²) in [6, 6.07) is 6.91. The minimum Gasteiger partial charge on any atom is -0.497 e. The third kappa shape index (κ3) is 6.37. The smallest absolute Gasteiger partial charge is 0.232 e. The fraction of sp³-hybridized carbons (Fsp3) is 0.526. The third-order valence-electron chi connectivity index (χ3n) is 4.40. The quantitative estimate of drug-likeness (QED) is 0.669.